The van der Waals surface area contributed by atoms with Crippen molar-refractivity contribution in [2.45, 2.75) is 152 Å². The Morgan fingerprint density at radius 2 is 1.18 bits per heavy atom. The minimum Gasteiger partial charge on any atom is -0.497 e. The van der Waals surface area contributed by atoms with Gasteiger partial charge in [-0.25, -0.2) is 9.59 Å². The maximum atomic E-state index is 14.1. The molecule has 0 aliphatic carbocycles. The van der Waals surface area contributed by atoms with Gasteiger partial charge in [-0.1, -0.05) is 26.0 Å². The molecule has 1 fully saturated rings. The molecule has 2 aromatic carbocycles. The number of methoxy groups -OCH3 is 1. The Labute approximate surface area is 590 Å². The van der Waals surface area contributed by atoms with Crippen LogP contribution in [0.3, 0.4) is 0 Å². The Bertz CT molecular complexity index is 3690. The molecule has 1 saturated heterocycles. The molecule has 103 heavy (non-hydrogen) atoms. The number of ether oxygens (including phenoxy) is 1. The summed E-state index contributed by atoms with van der Waals surface area (Å²) in [6, 6.07) is -8.73. The van der Waals surface area contributed by atoms with Crippen LogP contribution in [-0.2, 0) is 84.8 Å². The average Bonchev–Trinajstić information content (AvgIpc) is 1.73. The first kappa shape index (κ1) is 84.5. The van der Waals surface area contributed by atoms with Gasteiger partial charge in [0, 0.05) is 54.8 Å². The summed E-state index contributed by atoms with van der Waals surface area (Å²) >= 11 is 4.11. The van der Waals surface area contributed by atoms with Crippen molar-refractivity contribution in [3.8, 4) is 5.75 Å². The van der Waals surface area contributed by atoms with Gasteiger partial charge in [0.05, 0.1) is 57.3 Å². The number of hydrogen-bond acceptors (Lipinski definition) is 25. The molecule has 2 heterocycles. The normalized spacial score (nSPS) is 15.8. The van der Waals surface area contributed by atoms with E-state index in [0.29, 0.717) is 11.1 Å². The van der Waals surface area contributed by atoms with Gasteiger partial charge >= 0.3 is 23.5 Å². The molecule has 12 amide bonds. The van der Waals surface area contributed by atoms with E-state index in [1.54, 1.807) is 13.8 Å². The Balaban J connectivity index is 1.35. The number of nitrogens with one attached hydrogen (secondary N) is 11. The smallest absolute Gasteiger partial charge is 0.336 e. The van der Waals surface area contributed by atoms with Crippen LogP contribution in [-0.4, -0.2) is 253 Å². The Kier molecular flexibility index (Phi) is 33.2. The van der Waals surface area contributed by atoms with Gasteiger partial charge in [0.25, 0.3) is 5.69 Å². The van der Waals surface area contributed by atoms with Gasteiger partial charge < -0.3 is 108 Å². The summed E-state index contributed by atoms with van der Waals surface area (Å²) in [5, 5.41) is 106. The molecular weight excluding hydrogens is 1390 g/mol. The molecule has 40 nitrogen and oxygen atoms in total. The summed E-state index contributed by atoms with van der Waals surface area (Å²) in [6.07, 6.45) is -5.05. The number of thiol groups is 1. The van der Waals surface area contributed by atoms with E-state index in [1.165, 1.54) is 37.4 Å². The number of likely N-dealkylation sites (tertiary alicyclic amines) is 1. The molecule has 41 heteroatoms. The predicted molar refractivity (Wildman–Crippen MR) is 355 cm³/mol. The van der Waals surface area contributed by atoms with Crippen LogP contribution in [0.5, 0.6) is 5.75 Å². The van der Waals surface area contributed by atoms with Crippen LogP contribution in [0.15, 0.2) is 57.7 Å². The summed E-state index contributed by atoms with van der Waals surface area (Å²) in [6.45, 7) is 0.958. The monoisotopic (exact) mass is 1470 g/mol. The summed E-state index contributed by atoms with van der Waals surface area (Å²) in [5.41, 5.74) is -0.701. The van der Waals surface area contributed by atoms with Gasteiger partial charge in [0.1, 0.15) is 77.8 Å². The SMILES string of the molecule is COc1ccc2c(CC(=O)N[C@@H](CCC(=O)O)C(=O)N[C@@H](CC(=O)O)C(=O)N[C@@H](C)C(=O)N[C@@H](CO)C(=O)N[C@H](C(=O)N3CCC[C@H]3C(=O)N[C@@H](CS)C(=O)N[C@@H](CO)C(=O)NCC(=O)N[C@@H](CO)C(=O)N[C@@H](Cc3ccc([N+](=O)[O-])cc3)C(=O)N[C@@H](CC(C)C)C(=O)O)[C@@H](C)O)cc(=O)oc2c1. The van der Waals surface area contributed by atoms with Crippen molar-refractivity contribution in [2.75, 3.05) is 45.8 Å². The van der Waals surface area contributed by atoms with E-state index in [0.717, 1.165) is 36.9 Å². The third kappa shape index (κ3) is 26.2. The topological polar surface area (TPSA) is 616 Å². The first-order chi connectivity index (χ1) is 48.5. The van der Waals surface area contributed by atoms with Gasteiger partial charge in [-0.2, -0.15) is 12.6 Å². The molecule has 1 aliphatic rings. The molecule has 0 bridgehead atoms. The van der Waals surface area contributed by atoms with Crippen molar-refractivity contribution in [1.82, 2.24) is 63.4 Å². The number of nitro groups is 1. The molecule has 0 saturated carbocycles. The van der Waals surface area contributed by atoms with Crippen LogP contribution in [0.25, 0.3) is 11.0 Å². The van der Waals surface area contributed by atoms with E-state index in [9.17, 15) is 123 Å². The zero-order valence-electron chi connectivity index (χ0n) is 56.2. The number of aliphatic hydroxyl groups excluding tert-OH is 4. The first-order valence-corrected chi connectivity index (χ1v) is 32.4. The van der Waals surface area contributed by atoms with Crippen LogP contribution in [0.4, 0.5) is 5.69 Å². The number of aliphatic hydroxyl groups is 4. The third-order valence-electron chi connectivity index (χ3n) is 15.6. The maximum Gasteiger partial charge on any atom is 0.336 e. The highest BCUT2D eigenvalue weighted by atomic mass is 32.1. The van der Waals surface area contributed by atoms with E-state index in [4.69, 9.17) is 9.15 Å². The number of non-ortho nitro benzene ring substituents is 1. The van der Waals surface area contributed by atoms with Gasteiger partial charge in [-0.15, -0.1) is 0 Å². The average molecular weight is 1470 g/mol. The number of aliphatic carboxylic acids is 3. The molecule has 18 N–H and O–H groups in total. The number of nitro benzene ring substituents is 1. The number of nitrogens with zero attached hydrogens (tertiary/aromatic N) is 2. The number of amides is 12. The summed E-state index contributed by atoms with van der Waals surface area (Å²) in [4.78, 5) is 221. The van der Waals surface area contributed by atoms with Gasteiger partial charge in [-0.05, 0) is 68.7 Å². The van der Waals surface area contributed by atoms with Crippen molar-refractivity contribution in [2.24, 2.45) is 5.92 Å². The first-order valence-electron chi connectivity index (χ1n) is 31.8. The van der Waals surface area contributed by atoms with Crippen molar-refractivity contribution in [3.63, 3.8) is 0 Å². The molecule has 1 aliphatic heterocycles. The maximum absolute atomic E-state index is 14.1. The second-order valence-corrected chi connectivity index (χ2v) is 24.3. The van der Waals surface area contributed by atoms with Crippen LogP contribution >= 0.6 is 12.6 Å². The zero-order valence-corrected chi connectivity index (χ0v) is 57.1. The number of carbonyl (C=O) groups is 15. The molecule has 1 aromatic heterocycles. The van der Waals surface area contributed by atoms with Crippen LogP contribution in [0.2, 0.25) is 0 Å². The van der Waals surface area contributed by atoms with Crippen molar-refractivity contribution in [1.29, 1.82) is 0 Å². The van der Waals surface area contributed by atoms with Gasteiger partial charge in [0.15, 0.2) is 0 Å². The molecule has 0 spiro atoms. The number of rotatable bonds is 41. The summed E-state index contributed by atoms with van der Waals surface area (Å²) in [7, 11) is 1.36. The van der Waals surface area contributed by atoms with Crippen LogP contribution < -0.4 is 68.8 Å². The Hall–Kier alpha value is -10.9. The molecule has 3 aromatic rings. The highest BCUT2D eigenvalue weighted by Crippen LogP contribution is 2.24. The Morgan fingerprint density at radius 3 is 1.76 bits per heavy atom. The molecule has 12 atom stereocenters. The fourth-order valence-electron chi connectivity index (χ4n) is 10.2. The zero-order chi connectivity index (χ0) is 77.1. The minimum absolute atomic E-state index is 0.0188. The Morgan fingerprint density at radius 1 is 0.641 bits per heavy atom. The predicted octanol–water partition coefficient (Wildman–Crippen LogP) is -6.77. The largest absolute Gasteiger partial charge is 0.497 e. The van der Waals surface area contributed by atoms with Crippen molar-refractivity contribution >= 4 is 118 Å². The lowest BCUT2D eigenvalue weighted by Gasteiger charge is -2.31. The number of carboxylic acid groups (broad SMARTS) is 3. The number of carboxylic acids is 3. The van der Waals surface area contributed by atoms with Crippen molar-refractivity contribution < 1.29 is 122 Å². The lowest BCUT2D eigenvalue weighted by molar-refractivity contribution is -0.384. The number of hydrogen-bond donors (Lipinski definition) is 19. The fraction of sp³-hybridized carbons (Fsp3) is 0.516. The number of fused-ring (bicyclic) bond motifs is 1. The lowest BCUT2D eigenvalue weighted by Crippen LogP contribution is -2.62. The van der Waals surface area contributed by atoms with Gasteiger partial charge in [0.2, 0.25) is 70.9 Å². The quantitative estimate of drug-likeness (QED) is 0.0109. The third-order valence-corrected chi connectivity index (χ3v) is 15.9. The molecule has 0 unspecified atom stereocenters. The van der Waals surface area contributed by atoms with E-state index in [-0.39, 0.29) is 60.5 Å². The fourth-order valence-corrected chi connectivity index (χ4v) is 10.4. The number of benzene rings is 2. The van der Waals surface area contributed by atoms with E-state index in [1.807, 2.05) is 0 Å². The van der Waals surface area contributed by atoms with E-state index >= 15 is 0 Å². The van der Waals surface area contributed by atoms with Crippen molar-refractivity contribution in [3.05, 3.63) is 80.2 Å². The van der Waals surface area contributed by atoms with Crippen LogP contribution in [0.1, 0.15) is 77.3 Å². The van der Waals surface area contributed by atoms with E-state index < -0.39 is 230 Å². The molecule has 0 radical (unpaired) electrons. The summed E-state index contributed by atoms with van der Waals surface area (Å²) in [5.74, 6) is -18.6. The standard InChI is InChI=1S/C62H83N13O27S/c1-28(2)17-39(62(97)98)69-56(91)37(18-31-8-10-33(11-9-31)75(99)100)67-57(92)41(25-77)66-47(81)23-63-53(88)40(24-76)71-59(94)43(27-103)72-60(95)44-7-6-16-74(44)61(96)51(30(4)79)73-58(93)42(26-78)70-52(87)29(3)64-55(90)38(22-49(84)85)68-54(89)36(14-15-48(82)83)65-46(80)19-32-20-50(86)102-45-21-34(101-5)12-13-35(32)45/h8-13,20-21,28-30,36-44,51,76-79,103H,6-7,14-19,22-27H2,1-5H3,(H,63,88)(H,64,90)(H,65,80)(H,66,81)(H,67,92)(H,68,89)(H,69,91)(H,70,87)(H,71,94)(H,72,95)(H,73,93)(H,82,83)(H,84,85)(H,97,98)/t29-,30+,36-,37-,38-,39-,40-,41-,42-,43-,44-,51-/m0/s1. The van der Waals surface area contributed by atoms with Crippen LogP contribution in [0, 0.1) is 16.0 Å². The summed E-state index contributed by atoms with van der Waals surface area (Å²) < 4.78 is 10.3. The number of carbonyl (C=O) groups excluding carboxylic acids is 12. The molecular formula is C62H83N13O27S. The molecule has 4 rings (SSSR count). The highest BCUT2D eigenvalue weighted by molar-refractivity contribution is 7.80. The second-order valence-electron chi connectivity index (χ2n) is 24.0. The lowest BCUT2D eigenvalue weighted by atomic mass is 10.0. The van der Waals surface area contributed by atoms with E-state index in [2.05, 4.69) is 71.1 Å². The second kappa shape index (κ2) is 40.5. The highest BCUT2D eigenvalue weighted by Gasteiger charge is 2.42. The molecule has 564 valence electrons. The van der Waals surface area contributed by atoms with Gasteiger partial charge in [-0.3, -0.25) is 77.2 Å². The minimum atomic E-state index is -2.01.